The summed E-state index contributed by atoms with van der Waals surface area (Å²) in [6.07, 6.45) is 8.04. The van der Waals surface area contributed by atoms with Gasteiger partial charge < -0.3 is 40.1 Å². The van der Waals surface area contributed by atoms with Crippen LogP contribution in [0.1, 0.15) is 190 Å². The summed E-state index contributed by atoms with van der Waals surface area (Å²) in [4.78, 5) is 140. The topological polar surface area (TPSA) is 237 Å². The Morgan fingerprint density at radius 1 is 0.811 bits per heavy atom. The van der Waals surface area contributed by atoms with Crippen LogP contribution in [0.2, 0.25) is 0 Å². The van der Waals surface area contributed by atoms with E-state index in [-0.39, 0.29) is 127 Å². The van der Waals surface area contributed by atoms with Gasteiger partial charge in [0.2, 0.25) is 47.3 Å². The number of nitrogens with zero attached hydrogens (tertiary/aromatic N) is 6. The van der Waals surface area contributed by atoms with E-state index in [1.807, 2.05) is 105 Å². The number of hydrogen-bond donors (Lipinski definition) is 3. The van der Waals surface area contributed by atoms with Crippen molar-refractivity contribution in [2.75, 3.05) is 74.6 Å². The summed E-state index contributed by atoms with van der Waals surface area (Å²) < 4.78 is 12.3. The van der Waals surface area contributed by atoms with Gasteiger partial charge in [-0.3, -0.25) is 57.8 Å². The van der Waals surface area contributed by atoms with E-state index in [0.29, 0.717) is 71.1 Å². The van der Waals surface area contributed by atoms with E-state index in [4.69, 9.17) is 14.3 Å². The number of methoxy groups -OCH3 is 2. The van der Waals surface area contributed by atoms with E-state index in [2.05, 4.69) is 22.9 Å². The minimum atomic E-state index is -1.19. The number of piperidine rings is 1. The molecule has 4 unspecified atom stereocenters. The second-order valence-corrected chi connectivity index (χ2v) is 27.7. The molecule has 2 saturated carbocycles. The lowest BCUT2D eigenvalue weighted by Crippen LogP contribution is -2.60. The van der Waals surface area contributed by atoms with Gasteiger partial charge in [-0.2, -0.15) is 0 Å². The fraction of sp³-hybridized carbons (Fsp3) is 0.783. The number of benzene rings is 1. The van der Waals surface area contributed by atoms with Crippen molar-refractivity contribution < 1.29 is 57.5 Å². The van der Waals surface area contributed by atoms with Gasteiger partial charge in [-0.05, 0) is 107 Å². The predicted molar refractivity (Wildman–Crippen MR) is 345 cm³/mol. The molecule has 3 N–H and O–H groups in total. The molecule has 9 amide bonds. The van der Waals surface area contributed by atoms with Crippen molar-refractivity contribution in [2.24, 2.45) is 40.4 Å². The molecule has 1 aromatic rings. The van der Waals surface area contributed by atoms with Gasteiger partial charge in [0.1, 0.15) is 11.6 Å². The van der Waals surface area contributed by atoms with Gasteiger partial charge in [-0.25, -0.2) is 5.06 Å². The predicted octanol–water partition coefficient (Wildman–Crippen LogP) is 7.11. The molecule has 5 aliphatic rings. The molecular formula is C69H113N9O12. The number of imide groups is 1. The van der Waals surface area contributed by atoms with E-state index in [0.717, 1.165) is 44.1 Å². The third kappa shape index (κ3) is 15.9. The Morgan fingerprint density at radius 2 is 1.50 bits per heavy atom. The highest BCUT2D eigenvalue weighted by Gasteiger charge is 2.83. The van der Waals surface area contributed by atoms with Crippen molar-refractivity contribution in [1.82, 2.24) is 45.5 Å². The lowest BCUT2D eigenvalue weighted by atomic mass is 9.88. The fourth-order valence-corrected chi connectivity index (χ4v) is 15.5. The van der Waals surface area contributed by atoms with Crippen LogP contribution >= 0.6 is 0 Å². The second-order valence-electron chi connectivity index (χ2n) is 27.7. The Balaban J connectivity index is 1.00. The van der Waals surface area contributed by atoms with Crippen LogP contribution in [-0.4, -0.2) is 205 Å². The summed E-state index contributed by atoms with van der Waals surface area (Å²) in [5.74, 6) is -3.79. The summed E-state index contributed by atoms with van der Waals surface area (Å²) in [7, 11) is 8.31. The number of nitrogens with one attached hydrogen (secondary N) is 3. The highest BCUT2D eigenvalue weighted by molar-refractivity contribution is 6.13. The largest absolute Gasteiger partial charge is 0.379 e. The molecule has 6 rings (SSSR count). The quantitative estimate of drug-likeness (QED) is 0.0569. The molecule has 3 heterocycles. The van der Waals surface area contributed by atoms with Crippen molar-refractivity contribution >= 4 is 53.2 Å². The fourth-order valence-electron chi connectivity index (χ4n) is 15.5. The van der Waals surface area contributed by atoms with Crippen LogP contribution in [0.3, 0.4) is 0 Å². The van der Waals surface area contributed by atoms with Crippen LogP contribution in [0.15, 0.2) is 30.3 Å². The molecule has 506 valence electrons. The number of hydroxylamine groups is 2. The number of rotatable bonds is 36. The Hall–Kier alpha value is -5.51. The lowest BCUT2D eigenvalue weighted by Gasteiger charge is -2.41. The monoisotopic (exact) mass is 1260 g/mol. The molecule has 14 atom stereocenters. The first-order valence-electron chi connectivity index (χ1n) is 34.1. The minimum absolute atomic E-state index is 0.0521. The normalized spacial score (nSPS) is 26.1. The van der Waals surface area contributed by atoms with Crippen LogP contribution < -0.4 is 16.0 Å². The van der Waals surface area contributed by atoms with E-state index in [1.54, 1.807) is 49.9 Å². The van der Waals surface area contributed by atoms with Crippen LogP contribution in [0, 0.1) is 40.4 Å². The minimum Gasteiger partial charge on any atom is -0.379 e. The third-order valence-electron chi connectivity index (χ3n) is 21.4. The van der Waals surface area contributed by atoms with E-state index in [1.165, 1.54) is 9.96 Å². The van der Waals surface area contributed by atoms with Gasteiger partial charge in [0.25, 0.3) is 5.91 Å². The molecule has 0 bridgehead atoms. The number of likely N-dealkylation sites (tertiary alicyclic amines) is 2. The lowest BCUT2D eigenvalue weighted by molar-refractivity contribution is -0.226. The summed E-state index contributed by atoms with van der Waals surface area (Å²) in [6.45, 7) is 23.7. The smallest absolute Gasteiger partial charge is 0.272 e. The van der Waals surface area contributed by atoms with Gasteiger partial charge in [0.05, 0.1) is 60.1 Å². The number of carbonyl (C=O) groups is 9. The highest BCUT2D eigenvalue weighted by Crippen LogP contribution is 2.76. The Morgan fingerprint density at radius 3 is 2.10 bits per heavy atom. The van der Waals surface area contributed by atoms with Crippen molar-refractivity contribution in [3.63, 3.8) is 0 Å². The van der Waals surface area contributed by atoms with Gasteiger partial charge in [-0.15, -0.1) is 0 Å². The Labute approximate surface area is 537 Å². The number of likely N-dealkylation sites (N-methyl/N-ethyl adjacent to an activating group) is 3. The van der Waals surface area contributed by atoms with Crippen molar-refractivity contribution in [2.45, 2.75) is 233 Å². The standard InChI is InChI=1S/C69H113N9O12/c1-17-21-31-49-32-25-40-78(90-49)66(87)69(43-50(69)48-29-23-22-24-30-48)72-61(82)47(10)59(89-16)51-33-26-38-76(51)55(81)42-52(88-15)58(46(9)18-2)75(14)63(84)56(44(5)6)71-62(83)57(45(7)8)74(13)37-27-34-53(79)70-36-41-73(12)54(80)35-28-39-77-64(85)60-67(11,19-3)68(60,20-4)65(77)86/h22-24,29-30,44-47,49-52,56-60H,17-21,25-28,31-43H2,1-16H3,(H,70,79)(H,71,83)(H,72,82)/t46-,47+,49?,50+,51-,52+,56-,57-,58-,59+,60?,67?,68?,69-/m0/s1. The first-order valence-corrected chi connectivity index (χ1v) is 34.1. The molecule has 3 aliphatic heterocycles. The second kappa shape index (κ2) is 32.4. The Bertz CT molecular complexity index is 2640. The zero-order valence-electron chi connectivity index (χ0n) is 57.5. The summed E-state index contributed by atoms with van der Waals surface area (Å²) in [5, 5.41) is 10.7. The van der Waals surface area contributed by atoms with Gasteiger partial charge in [0, 0.05) is 79.8 Å². The molecule has 0 aromatic heterocycles. The number of ether oxygens (including phenoxy) is 2. The van der Waals surface area contributed by atoms with Crippen LogP contribution in [-0.2, 0) is 57.5 Å². The van der Waals surface area contributed by atoms with E-state index >= 15 is 0 Å². The van der Waals surface area contributed by atoms with Crippen LogP contribution in [0.4, 0.5) is 0 Å². The number of hydrogen-bond acceptors (Lipinski definition) is 13. The molecule has 1 aromatic carbocycles. The molecular weight excluding hydrogens is 1150 g/mol. The molecule has 21 nitrogen and oxygen atoms in total. The first-order chi connectivity index (χ1) is 42.7. The first kappa shape index (κ1) is 73.5. The summed E-state index contributed by atoms with van der Waals surface area (Å²) in [6, 6.07) is 7.23. The number of unbranched alkanes of at least 4 members (excludes halogenated alkanes) is 1. The van der Waals surface area contributed by atoms with Gasteiger partial charge >= 0.3 is 0 Å². The van der Waals surface area contributed by atoms with E-state index in [9.17, 15) is 43.2 Å². The molecule has 90 heavy (non-hydrogen) atoms. The van der Waals surface area contributed by atoms with Gasteiger partial charge in [-0.1, -0.05) is 126 Å². The Kier molecular flexibility index (Phi) is 26.4. The van der Waals surface area contributed by atoms with Crippen molar-refractivity contribution in [3.05, 3.63) is 35.9 Å². The average Bonchev–Trinajstić information content (AvgIpc) is 1.48. The molecule has 3 saturated heterocycles. The highest BCUT2D eigenvalue weighted by atomic mass is 16.7. The molecule has 0 radical (unpaired) electrons. The molecule has 21 heteroatoms. The van der Waals surface area contributed by atoms with Gasteiger partial charge in [0.15, 0.2) is 0 Å². The average molecular weight is 1260 g/mol. The maximum Gasteiger partial charge on any atom is 0.272 e. The summed E-state index contributed by atoms with van der Waals surface area (Å²) in [5.41, 5.74) is -1.12. The zero-order valence-corrected chi connectivity index (χ0v) is 57.5. The maximum atomic E-state index is 14.9. The number of amides is 9. The maximum absolute atomic E-state index is 14.9. The van der Waals surface area contributed by atoms with Crippen molar-refractivity contribution in [1.29, 1.82) is 0 Å². The third-order valence-corrected chi connectivity index (χ3v) is 21.4. The van der Waals surface area contributed by atoms with Crippen LogP contribution in [0.5, 0.6) is 0 Å². The SMILES string of the molecule is CCCCC1CCCN(C(=O)[C@]2(NC(=O)[C@H](C)[C@@H](OC)[C@@H]3CCCN3C(=O)C[C@@H](OC)[C@H]([C@@H](C)CC)N(C)C(=O)[C@@H](NC(=O)[C@H](C(C)C)N(C)CCCC(=O)NCCN(C)C(=O)CCCN3C(=O)C4C(C)(CC)C4(CC)C3=O)C(C)C)C[C@@H]2c2ccccc2)O1. The summed E-state index contributed by atoms with van der Waals surface area (Å²) >= 11 is 0. The zero-order chi connectivity index (χ0) is 66.6. The number of fused-ring (bicyclic) bond motifs is 1. The van der Waals surface area contributed by atoms with E-state index < -0.39 is 53.2 Å². The molecule has 5 fully saturated rings. The van der Waals surface area contributed by atoms with Crippen LogP contribution in [0.25, 0.3) is 0 Å². The molecule has 2 aliphatic carbocycles. The van der Waals surface area contributed by atoms with Crippen molar-refractivity contribution in [3.8, 4) is 0 Å². The number of carbonyl (C=O) groups excluding carboxylic acids is 9. The molecule has 0 spiro atoms.